The molecule has 6 heteroatoms. The zero-order chi connectivity index (χ0) is 19.5. The normalized spacial score (nSPS) is 19.2. The van der Waals surface area contributed by atoms with Crippen molar-refractivity contribution in [2.75, 3.05) is 5.32 Å². The lowest BCUT2D eigenvalue weighted by atomic mass is 9.93. The molecular formula is C23H23N5O. The second kappa shape index (κ2) is 7.91. The highest BCUT2D eigenvalue weighted by Gasteiger charge is 2.23. The summed E-state index contributed by atoms with van der Waals surface area (Å²) in [7, 11) is 0. The van der Waals surface area contributed by atoms with Crippen LogP contribution in [0.2, 0.25) is 0 Å². The van der Waals surface area contributed by atoms with Crippen LogP contribution in [0.3, 0.4) is 0 Å². The molecule has 0 aliphatic heterocycles. The van der Waals surface area contributed by atoms with Crippen LogP contribution in [0, 0.1) is 0 Å². The molecule has 5 rings (SSSR count). The van der Waals surface area contributed by atoms with Gasteiger partial charge in [-0.15, -0.1) is 5.10 Å². The molecule has 0 saturated heterocycles. The van der Waals surface area contributed by atoms with Crippen molar-refractivity contribution in [1.82, 2.24) is 19.6 Å². The van der Waals surface area contributed by atoms with Gasteiger partial charge in [-0.2, -0.15) is 0 Å². The number of nitrogens with one attached hydrogen (secondary N) is 1. The van der Waals surface area contributed by atoms with E-state index in [9.17, 15) is 0 Å². The van der Waals surface area contributed by atoms with Crippen LogP contribution >= 0.6 is 0 Å². The summed E-state index contributed by atoms with van der Waals surface area (Å²) in [6.07, 6.45) is 9.94. The van der Waals surface area contributed by atoms with Crippen molar-refractivity contribution >= 4 is 11.5 Å². The topological polar surface area (TPSA) is 64.3 Å². The molecule has 1 fully saturated rings. The summed E-state index contributed by atoms with van der Waals surface area (Å²) in [6.45, 7) is 0. The molecule has 0 radical (unpaired) electrons. The average Bonchev–Trinajstić information content (AvgIpc) is 3.20. The highest BCUT2D eigenvalue weighted by molar-refractivity contribution is 5.63. The number of anilines is 1. The standard InChI is InChI=1S/C23H23N5O/c1-2-4-19(5-3-1)29-20-8-6-18(7-9-20)26-22-10-11-23-25-16-21(28(23)27-22)17-12-14-24-15-13-17/h1-5,10-16,18,20H,6-9H2,(H,26,27). The molecule has 6 nitrogen and oxygen atoms in total. The summed E-state index contributed by atoms with van der Waals surface area (Å²) < 4.78 is 8.00. The number of para-hydroxylation sites is 1. The Balaban J connectivity index is 1.25. The van der Waals surface area contributed by atoms with Crippen LogP contribution in [0.5, 0.6) is 5.75 Å². The van der Waals surface area contributed by atoms with Gasteiger partial charge in [-0.25, -0.2) is 9.50 Å². The number of ether oxygens (including phenoxy) is 1. The first-order valence-electron chi connectivity index (χ1n) is 10.1. The van der Waals surface area contributed by atoms with Gasteiger partial charge in [0.2, 0.25) is 0 Å². The third kappa shape index (κ3) is 3.92. The van der Waals surface area contributed by atoms with Gasteiger partial charge in [-0.1, -0.05) is 18.2 Å². The minimum atomic E-state index is 0.290. The second-order valence-corrected chi connectivity index (χ2v) is 7.42. The zero-order valence-corrected chi connectivity index (χ0v) is 16.1. The van der Waals surface area contributed by atoms with Gasteiger partial charge in [0, 0.05) is 24.0 Å². The maximum absolute atomic E-state index is 6.10. The number of imidazole rings is 1. The lowest BCUT2D eigenvalue weighted by Gasteiger charge is -2.29. The number of pyridine rings is 1. The van der Waals surface area contributed by atoms with E-state index in [1.807, 2.05) is 65.3 Å². The highest BCUT2D eigenvalue weighted by Crippen LogP contribution is 2.26. The Morgan fingerprint density at radius 3 is 2.48 bits per heavy atom. The van der Waals surface area contributed by atoms with Crippen molar-refractivity contribution in [3.8, 4) is 17.0 Å². The minimum absolute atomic E-state index is 0.290. The first kappa shape index (κ1) is 17.7. The van der Waals surface area contributed by atoms with E-state index in [1.165, 1.54) is 0 Å². The summed E-state index contributed by atoms with van der Waals surface area (Å²) in [4.78, 5) is 8.56. The summed E-state index contributed by atoms with van der Waals surface area (Å²) in [5.74, 6) is 1.83. The molecule has 1 saturated carbocycles. The van der Waals surface area contributed by atoms with Crippen LogP contribution in [0.4, 0.5) is 5.82 Å². The van der Waals surface area contributed by atoms with E-state index >= 15 is 0 Å². The van der Waals surface area contributed by atoms with E-state index in [1.54, 1.807) is 12.4 Å². The predicted octanol–water partition coefficient (Wildman–Crippen LogP) is 4.59. The van der Waals surface area contributed by atoms with Crippen molar-refractivity contribution in [3.05, 3.63) is 73.2 Å². The quantitative estimate of drug-likeness (QED) is 0.544. The zero-order valence-electron chi connectivity index (χ0n) is 16.1. The largest absolute Gasteiger partial charge is 0.490 e. The van der Waals surface area contributed by atoms with Gasteiger partial charge >= 0.3 is 0 Å². The van der Waals surface area contributed by atoms with Crippen molar-refractivity contribution in [3.63, 3.8) is 0 Å². The molecule has 146 valence electrons. The molecule has 1 N–H and O–H groups in total. The first-order chi connectivity index (χ1) is 14.3. The van der Waals surface area contributed by atoms with E-state index in [0.717, 1.165) is 54.2 Å². The summed E-state index contributed by atoms with van der Waals surface area (Å²) in [5.41, 5.74) is 2.85. The fraction of sp³-hybridized carbons (Fsp3) is 0.261. The van der Waals surface area contributed by atoms with Crippen molar-refractivity contribution in [2.24, 2.45) is 0 Å². The van der Waals surface area contributed by atoms with Gasteiger partial charge in [0.25, 0.3) is 0 Å². The predicted molar refractivity (Wildman–Crippen MR) is 113 cm³/mol. The Bertz CT molecular complexity index is 1070. The first-order valence-corrected chi connectivity index (χ1v) is 10.1. The lowest BCUT2D eigenvalue weighted by Crippen LogP contribution is -2.31. The summed E-state index contributed by atoms with van der Waals surface area (Å²) >= 11 is 0. The fourth-order valence-corrected chi connectivity index (χ4v) is 3.90. The maximum atomic E-state index is 6.10. The van der Waals surface area contributed by atoms with E-state index < -0.39 is 0 Å². The van der Waals surface area contributed by atoms with Crippen molar-refractivity contribution < 1.29 is 4.74 Å². The van der Waals surface area contributed by atoms with Crippen molar-refractivity contribution in [1.29, 1.82) is 0 Å². The number of hydrogen-bond acceptors (Lipinski definition) is 5. The third-order valence-electron chi connectivity index (χ3n) is 5.41. The molecule has 0 bridgehead atoms. The number of fused-ring (bicyclic) bond motifs is 1. The molecule has 29 heavy (non-hydrogen) atoms. The second-order valence-electron chi connectivity index (χ2n) is 7.42. The van der Waals surface area contributed by atoms with E-state index in [2.05, 4.69) is 15.3 Å². The van der Waals surface area contributed by atoms with Crippen LogP contribution in [-0.4, -0.2) is 31.7 Å². The van der Waals surface area contributed by atoms with E-state index in [0.29, 0.717) is 6.04 Å². The van der Waals surface area contributed by atoms with Gasteiger partial charge in [-0.3, -0.25) is 4.98 Å². The molecule has 0 amide bonds. The number of rotatable bonds is 5. The van der Waals surface area contributed by atoms with Crippen LogP contribution in [0.1, 0.15) is 25.7 Å². The molecule has 0 atom stereocenters. The Morgan fingerprint density at radius 2 is 1.69 bits per heavy atom. The summed E-state index contributed by atoms with van der Waals surface area (Å²) in [6, 6.07) is 18.4. The highest BCUT2D eigenvalue weighted by atomic mass is 16.5. The third-order valence-corrected chi connectivity index (χ3v) is 5.41. The molecule has 4 aromatic rings. The average molecular weight is 385 g/mol. The van der Waals surface area contributed by atoms with Crippen LogP contribution in [-0.2, 0) is 0 Å². The smallest absolute Gasteiger partial charge is 0.154 e. The molecule has 1 aliphatic rings. The Morgan fingerprint density at radius 1 is 0.897 bits per heavy atom. The fourth-order valence-electron chi connectivity index (χ4n) is 3.90. The molecule has 1 aliphatic carbocycles. The SMILES string of the molecule is c1ccc(OC2CCC(Nc3ccc4ncc(-c5ccncc5)n4n3)CC2)cc1. The van der Waals surface area contributed by atoms with Gasteiger partial charge < -0.3 is 10.1 Å². The van der Waals surface area contributed by atoms with Gasteiger partial charge in [0.15, 0.2) is 5.65 Å². The maximum Gasteiger partial charge on any atom is 0.154 e. The molecule has 3 aromatic heterocycles. The minimum Gasteiger partial charge on any atom is -0.490 e. The van der Waals surface area contributed by atoms with Crippen molar-refractivity contribution in [2.45, 2.75) is 37.8 Å². The Kier molecular flexibility index (Phi) is 4.82. The van der Waals surface area contributed by atoms with Crippen LogP contribution in [0.15, 0.2) is 73.2 Å². The monoisotopic (exact) mass is 385 g/mol. The molecule has 0 unspecified atom stereocenters. The molecular weight excluding hydrogens is 362 g/mol. The molecule has 1 aromatic carbocycles. The Labute approximate surface area is 169 Å². The Hall–Kier alpha value is -3.41. The number of aromatic nitrogens is 4. The van der Waals surface area contributed by atoms with Gasteiger partial charge in [0.1, 0.15) is 11.6 Å². The van der Waals surface area contributed by atoms with Crippen LogP contribution in [0.25, 0.3) is 16.9 Å². The number of hydrogen-bond donors (Lipinski definition) is 1. The molecule has 0 spiro atoms. The number of nitrogens with zero attached hydrogens (tertiary/aromatic N) is 4. The lowest BCUT2D eigenvalue weighted by molar-refractivity contribution is 0.150. The van der Waals surface area contributed by atoms with Gasteiger partial charge in [-0.05, 0) is 62.1 Å². The number of benzene rings is 1. The van der Waals surface area contributed by atoms with Gasteiger partial charge in [0.05, 0.1) is 18.0 Å². The van der Waals surface area contributed by atoms with Crippen LogP contribution < -0.4 is 10.1 Å². The van der Waals surface area contributed by atoms with E-state index in [-0.39, 0.29) is 6.10 Å². The molecule has 3 heterocycles. The summed E-state index contributed by atoms with van der Waals surface area (Å²) in [5, 5.41) is 8.38. The van der Waals surface area contributed by atoms with E-state index in [4.69, 9.17) is 9.84 Å².